The zero-order chi connectivity index (χ0) is 12.1. The van der Waals surface area contributed by atoms with Gasteiger partial charge in [0.2, 0.25) is 0 Å². The summed E-state index contributed by atoms with van der Waals surface area (Å²) in [5.74, 6) is 3.54. The summed E-state index contributed by atoms with van der Waals surface area (Å²) in [6.07, 6.45) is 2.63. The van der Waals surface area contributed by atoms with Gasteiger partial charge in [-0.3, -0.25) is 0 Å². The first-order valence-electron chi connectivity index (χ1n) is 6.28. The Kier molecular flexibility index (Phi) is 4.75. The Morgan fingerprint density at radius 1 is 1.41 bits per heavy atom. The van der Waals surface area contributed by atoms with E-state index in [1.54, 1.807) is 7.11 Å². The van der Waals surface area contributed by atoms with Gasteiger partial charge in [-0.15, -0.1) is 0 Å². The minimum absolute atomic E-state index is 0.356. The van der Waals surface area contributed by atoms with E-state index >= 15 is 0 Å². The van der Waals surface area contributed by atoms with Crippen molar-refractivity contribution in [1.82, 2.24) is 5.32 Å². The lowest BCUT2D eigenvalue weighted by molar-refractivity contribution is 0.392. The maximum absolute atomic E-state index is 5.41. The normalized spacial score (nSPS) is 22.1. The number of thioether (sulfide) groups is 1. The first-order chi connectivity index (χ1) is 8.31. The highest BCUT2D eigenvalue weighted by atomic mass is 32.2. The van der Waals surface area contributed by atoms with E-state index in [-0.39, 0.29) is 0 Å². The topological polar surface area (TPSA) is 21.3 Å². The van der Waals surface area contributed by atoms with Crippen LogP contribution >= 0.6 is 11.8 Å². The summed E-state index contributed by atoms with van der Waals surface area (Å²) in [4.78, 5) is 0. The van der Waals surface area contributed by atoms with Gasteiger partial charge in [0, 0.05) is 23.4 Å². The number of hydrogen-bond donors (Lipinski definition) is 1. The highest BCUT2D eigenvalue weighted by Gasteiger charge is 2.18. The standard InChI is InChI=1S/C14H21NOS/c1-11(15-12-6-5-9-17-10-12)13-7-3-4-8-14(13)16-2/h3-4,7-8,11-12,15H,5-6,9-10H2,1-2H3/t11-,12?/m1/s1. The second-order valence-electron chi connectivity index (χ2n) is 4.54. The largest absolute Gasteiger partial charge is 0.496 e. The molecule has 0 bridgehead atoms. The van der Waals surface area contributed by atoms with Crippen LogP contribution in [-0.4, -0.2) is 24.7 Å². The highest BCUT2D eigenvalue weighted by Crippen LogP contribution is 2.26. The van der Waals surface area contributed by atoms with E-state index in [1.807, 2.05) is 12.1 Å². The molecule has 1 fully saturated rings. The van der Waals surface area contributed by atoms with E-state index in [1.165, 1.54) is 29.9 Å². The number of hydrogen-bond acceptors (Lipinski definition) is 3. The Morgan fingerprint density at radius 3 is 2.94 bits per heavy atom. The van der Waals surface area contributed by atoms with Crippen LogP contribution < -0.4 is 10.1 Å². The summed E-state index contributed by atoms with van der Waals surface area (Å²) in [6, 6.07) is 9.27. The van der Waals surface area contributed by atoms with Crippen molar-refractivity contribution in [3.8, 4) is 5.75 Å². The molecule has 1 heterocycles. The van der Waals surface area contributed by atoms with Crippen molar-refractivity contribution < 1.29 is 4.74 Å². The number of benzene rings is 1. The first-order valence-corrected chi connectivity index (χ1v) is 7.43. The van der Waals surface area contributed by atoms with Crippen LogP contribution in [0.3, 0.4) is 0 Å². The summed E-state index contributed by atoms with van der Waals surface area (Å²) in [5, 5.41) is 3.71. The van der Waals surface area contributed by atoms with Gasteiger partial charge in [-0.2, -0.15) is 11.8 Å². The van der Waals surface area contributed by atoms with E-state index in [0.717, 1.165) is 5.75 Å². The van der Waals surface area contributed by atoms with Gasteiger partial charge >= 0.3 is 0 Å². The quantitative estimate of drug-likeness (QED) is 0.887. The van der Waals surface area contributed by atoms with Crippen LogP contribution in [0, 0.1) is 0 Å². The number of ether oxygens (including phenoxy) is 1. The molecule has 94 valence electrons. The van der Waals surface area contributed by atoms with Gasteiger partial charge in [0.1, 0.15) is 5.75 Å². The van der Waals surface area contributed by atoms with Gasteiger partial charge in [-0.25, -0.2) is 0 Å². The molecule has 1 aliphatic rings. The Hall–Kier alpha value is -0.670. The Labute approximate surface area is 108 Å². The SMILES string of the molecule is COc1ccccc1[C@@H](C)NC1CCCSC1. The molecule has 1 unspecified atom stereocenters. The number of rotatable bonds is 4. The van der Waals surface area contributed by atoms with Crippen LogP contribution in [0.4, 0.5) is 0 Å². The number of nitrogens with one attached hydrogen (secondary N) is 1. The predicted molar refractivity (Wildman–Crippen MR) is 74.9 cm³/mol. The van der Waals surface area contributed by atoms with Gasteiger partial charge in [0.15, 0.2) is 0 Å². The smallest absolute Gasteiger partial charge is 0.123 e. The summed E-state index contributed by atoms with van der Waals surface area (Å²) >= 11 is 2.06. The molecular weight excluding hydrogens is 230 g/mol. The van der Waals surface area contributed by atoms with E-state index < -0.39 is 0 Å². The Morgan fingerprint density at radius 2 is 2.24 bits per heavy atom. The monoisotopic (exact) mass is 251 g/mol. The maximum atomic E-state index is 5.41. The molecule has 2 atom stereocenters. The summed E-state index contributed by atoms with van der Waals surface area (Å²) < 4.78 is 5.41. The van der Waals surface area contributed by atoms with E-state index in [2.05, 4.69) is 36.1 Å². The van der Waals surface area contributed by atoms with E-state index in [4.69, 9.17) is 4.74 Å². The van der Waals surface area contributed by atoms with E-state index in [9.17, 15) is 0 Å². The molecule has 0 radical (unpaired) electrons. The molecule has 1 N–H and O–H groups in total. The zero-order valence-corrected chi connectivity index (χ0v) is 11.4. The molecule has 0 aromatic heterocycles. The molecular formula is C14H21NOS. The second kappa shape index (κ2) is 6.31. The second-order valence-corrected chi connectivity index (χ2v) is 5.69. The summed E-state index contributed by atoms with van der Waals surface area (Å²) in [6.45, 7) is 2.22. The van der Waals surface area contributed by atoms with Crippen LogP contribution in [0.2, 0.25) is 0 Å². The van der Waals surface area contributed by atoms with Crippen molar-refractivity contribution in [3.63, 3.8) is 0 Å². The van der Waals surface area contributed by atoms with Crippen LogP contribution in [0.15, 0.2) is 24.3 Å². The lowest BCUT2D eigenvalue weighted by atomic mass is 10.1. The van der Waals surface area contributed by atoms with Crippen LogP contribution in [-0.2, 0) is 0 Å². The van der Waals surface area contributed by atoms with Gasteiger partial charge in [-0.05, 0) is 31.6 Å². The average molecular weight is 251 g/mol. The minimum Gasteiger partial charge on any atom is -0.496 e. The fraction of sp³-hybridized carbons (Fsp3) is 0.571. The van der Waals surface area contributed by atoms with Crippen molar-refractivity contribution >= 4 is 11.8 Å². The molecule has 17 heavy (non-hydrogen) atoms. The molecule has 2 nitrogen and oxygen atoms in total. The third-order valence-electron chi connectivity index (χ3n) is 3.25. The first kappa shape index (κ1) is 12.8. The fourth-order valence-corrected chi connectivity index (χ4v) is 3.42. The number of methoxy groups -OCH3 is 1. The molecule has 1 aromatic carbocycles. The molecule has 1 saturated heterocycles. The van der Waals surface area contributed by atoms with Crippen LogP contribution in [0.25, 0.3) is 0 Å². The van der Waals surface area contributed by atoms with Crippen molar-refractivity contribution in [1.29, 1.82) is 0 Å². The third kappa shape index (κ3) is 3.39. The number of para-hydroxylation sites is 1. The van der Waals surface area contributed by atoms with Crippen molar-refractivity contribution in [3.05, 3.63) is 29.8 Å². The Bertz CT molecular complexity index is 350. The highest BCUT2D eigenvalue weighted by molar-refractivity contribution is 7.99. The van der Waals surface area contributed by atoms with Crippen molar-refractivity contribution in [2.45, 2.75) is 31.8 Å². The predicted octanol–water partition coefficient (Wildman–Crippen LogP) is 3.24. The van der Waals surface area contributed by atoms with Crippen LogP contribution in [0.1, 0.15) is 31.4 Å². The molecule has 0 aliphatic carbocycles. The van der Waals surface area contributed by atoms with E-state index in [0.29, 0.717) is 12.1 Å². The molecule has 3 heteroatoms. The van der Waals surface area contributed by atoms with Gasteiger partial charge in [0.25, 0.3) is 0 Å². The van der Waals surface area contributed by atoms with Gasteiger partial charge < -0.3 is 10.1 Å². The van der Waals surface area contributed by atoms with Gasteiger partial charge in [0.05, 0.1) is 7.11 Å². The molecule has 1 aromatic rings. The van der Waals surface area contributed by atoms with Crippen molar-refractivity contribution in [2.24, 2.45) is 0 Å². The molecule has 2 rings (SSSR count). The minimum atomic E-state index is 0.356. The molecule has 1 aliphatic heterocycles. The van der Waals surface area contributed by atoms with Crippen LogP contribution in [0.5, 0.6) is 5.75 Å². The third-order valence-corrected chi connectivity index (χ3v) is 4.47. The average Bonchev–Trinajstić information content (AvgIpc) is 2.40. The molecule has 0 spiro atoms. The lowest BCUT2D eigenvalue weighted by Crippen LogP contribution is -2.35. The zero-order valence-electron chi connectivity index (χ0n) is 10.6. The molecule has 0 amide bonds. The Balaban J connectivity index is 2.00. The lowest BCUT2D eigenvalue weighted by Gasteiger charge is -2.27. The summed E-state index contributed by atoms with van der Waals surface area (Å²) in [5.41, 5.74) is 1.26. The van der Waals surface area contributed by atoms with Crippen molar-refractivity contribution in [2.75, 3.05) is 18.6 Å². The summed E-state index contributed by atoms with van der Waals surface area (Å²) in [7, 11) is 1.74. The molecule has 0 saturated carbocycles. The maximum Gasteiger partial charge on any atom is 0.123 e. The fourth-order valence-electron chi connectivity index (χ4n) is 2.34. The van der Waals surface area contributed by atoms with Gasteiger partial charge in [-0.1, -0.05) is 18.2 Å².